The van der Waals surface area contributed by atoms with Gasteiger partial charge in [-0.3, -0.25) is 9.59 Å². The molecule has 4 heteroatoms. The third-order valence-electron chi connectivity index (χ3n) is 3.64. The van der Waals surface area contributed by atoms with E-state index in [4.69, 9.17) is 10.2 Å². The third-order valence-corrected chi connectivity index (χ3v) is 3.64. The lowest BCUT2D eigenvalue weighted by atomic mass is 9.52. The summed E-state index contributed by atoms with van der Waals surface area (Å²) in [5.74, 6) is -1.83. The topological polar surface area (TPSA) is 74.6 Å². The van der Waals surface area contributed by atoms with Gasteiger partial charge in [0.2, 0.25) is 0 Å². The van der Waals surface area contributed by atoms with Gasteiger partial charge in [-0.05, 0) is 37.5 Å². The summed E-state index contributed by atoms with van der Waals surface area (Å²) in [4.78, 5) is 21.9. The maximum absolute atomic E-state index is 11.0. The summed E-state index contributed by atoms with van der Waals surface area (Å²) < 4.78 is 0. The fourth-order valence-corrected chi connectivity index (χ4v) is 2.66. The molecule has 0 aromatic rings. The molecule has 0 aliphatic heterocycles. The van der Waals surface area contributed by atoms with Crippen molar-refractivity contribution in [2.24, 2.45) is 17.3 Å². The Morgan fingerprint density at radius 2 is 1.69 bits per heavy atom. The molecule has 0 heterocycles. The SMILES string of the molecule is O=C(O)C1(C(=O)O)CCC2CC1C2. The molecule has 2 N–H and O–H groups in total. The molecule has 0 aromatic carbocycles. The summed E-state index contributed by atoms with van der Waals surface area (Å²) in [5.41, 5.74) is -1.46. The van der Waals surface area contributed by atoms with E-state index in [1.54, 1.807) is 0 Å². The van der Waals surface area contributed by atoms with Crippen molar-refractivity contribution in [1.29, 1.82) is 0 Å². The number of hydrogen-bond donors (Lipinski definition) is 2. The highest BCUT2D eigenvalue weighted by Crippen LogP contribution is 2.56. The summed E-state index contributed by atoms with van der Waals surface area (Å²) in [5, 5.41) is 17.9. The Labute approximate surface area is 75.6 Å². The molecule has 0 spiro atoms. The first-order valence-corrected chi connectivity index (χ1v) is 4.54. The van der Waals surface area contributed by atoms with Gasteiger partial charge in [0.05, 0.1) is 0 Å². The zero-order valence-electron chi connectivity index (χ0n) is 7.19. The quantitative estimate of drug-likeness (QED) is 0.627. The van der Waals surface area contributed by atoms with E-state index in [1.807, 2.05) is 0 Å². The van der Waals surface area contributed by atoms with E-state index in [0.717, 1.165) is 19.3 Å². The molecule has 72 valence electrons. The minimum atomic E-state index is -1.46. The van der Waals surface area contributed by atoms with E-state index < -0.39 is 17.4 Å². The molecule has 0 saturated heterocycles. The van der Waals surface area contributed by atoms with Crippen LogP contribution in [-0.4, -0.2) is 22.2 Å². The van der Waals surface area contributed by atoms with Crippen molar-refractivity contribution in [3.8, 4) is 0 Å². The van der Waals surface area contributed by atoms with Crippen LogP contribution in [0.3, 0.4) is 0 Å². The van der Waals surface area contributed by atoms with Crippen molar-refractivity contribution in [3.63, 3.8) is 0 Å². The molecule has 0 unspecified atom stereocenters. The molecule has 13 heavy (non-hydrogen) atoms. The molecule has 0 radical (unpaired) electrons. The molecular formula is C9H12O4. The Kier molecular flexibility index (Phi) is 1.62. The van der Waals surface area contributed by atoms with Gasteiger partial charge in [0, 0.05) is 0 Å². The van der Waals surface area contributed by atoms with E-state index in [-0.39, 0.29) is 5.92 Å². The molecule has 2 bridgehead atoms. The van der Waals surface area contributed by atoms with Crippen molar-refractivity contribution in [2.75, 3.05) is 0 Å². The molecule has 0 amide bonds. The second kappa shape index (κ2) is 2.47. The average molecular weight is 184 g/mol. The highest BCUT2D eigenvalue weighted by Gasteiger charge is 2.60. The number of aliphatic carboxylic acids is 2. The van der Waals surface area contributed by atoms with Crippen LogP contribution in [0.1, 0.15) is 25.7 Å². The van der Waals surface area contributed by atoms with Crippen LogP contribution in [0.5, 0.6) is 0 Å². The first-order chi connectivity index (χ1) is 6.07. The molecule has 3 aliphatic rings. The van der Waals surface area contributed by atoms with Crippen LogP contribution < -0.4 is 0 Å². The number of carbonyl (C=O) groups is 2. The zero-order chi connectivity index (χ0) is 9.64. The van der Waals surface area contributed by atoms with Crippen LogP contribution in [0.15, 0.2) is 0 Å². The van der Waals surface area contributed by atoms with Crippen molar-refractivity contribution in [1.82, 2.24) is 0 Å². The minimum absolute atomic E-state index is 0.124. The van der Waals surface area contributed by atoms with Crippen molar-refractivity contribution in [3.05, 3.63) is 0 Å². The maximum Gasteiger partial charge on any atom is 0.321 e. The first-order valence-electron chi connectivity index (χ1n) is 4.54. The number of carboxylic acids is 2. The minimum Gasteiger partial charge on any atom is -0.480 e. The molecule has 4 nitrogen and oxygen atoms in total. The summed E-state index contributed by atoms with van der Waals surface area (Å²) >= 11 is 0. The number of fused-ring (bicyclic) bond motifs is 2. The van der Waals surface area contributed by atoms with Gasteiger partial charge in [0.25, 0.3) is 0 Å². The Morgan fingerprint density at radius 1 is 1.15 bits per heavy atom. The van der Waals surface area contributed by atoms with Gasteiger partial charge in [-0.1, -0.05) is 0 Å². The Hall–Kier alpha value is -1.06. The van der Waals surface area contributed by atoms with Crippen molar-refractivity contribution >= 4 is 11.9 Å². The second-order valence-corrected chi connectivity index (χ2v) is 4.15. The largest absolute Gasteiger partial charge is 0.480 e. The highest BCUT2D eigenvalue weighted by molar-refractivity contribution is 5.99. The zero-order valence-corrected chi connectivity index (χ0v) is 7.19. The van der Waals surface area contributed by atoms with Gasteiger partial charge in [-0.15, -0.1) is 0 Å². The van der Waals surface area contributed by atoms with Crippen LogP contribution in [-0.2, 0) is 9.59 Å². The lowest BCUT2D eigenvalue weighted by molar-refractivity contribution is -0.181. The average Bonchev–Trinajstić information content (AvgIpc) is 2.02. The molecule has 3 fully saturated rings. The molecular weight excluding hydrogens is 172 g/mol. The second-order valence-electron chi connectivity index (χ2n) is 4.15. The number of hydrogen-bond acceptors (Lipinski definition) is 2. The molecule has 3 rings (SSSR count). The summed E-state index contributed by atoms with van der Waals surface area (Å²) in [6.07, 6.45) is 2.65. The van der Waals surface area contributed by atoms with Gasteiger partial charge in [0.15, 0.2) is 5.41 Å². The molecule has 3 saturated carbocycles. The summed E-state index contributed by atoms with van der Waals surface area (Å²) in [6, 6.07) is 0. The van der Waals surface area contributed by atoms with Crippen LogP contribution in [0.4, 0.5) is 0 Å². The van der Waals surface area contributed by atoms with E-state index in [9.17, 15) is 9.59 Å². The highest BCUT2D eigenvalue weighted by atomic mass is 16.4. The lowest BCUT2D eigenvalue weighted by Crippen LogP contribution is -2.54. The van der Waals surface area contributed by atoms with E-state index in [0.29, 0.717) is 12.3 Å². The van der Waals surface area contributed by atoms with E-state index in [1.165, 1.54) is 0 Å². The van der Waals surface area contributed by atoms with Crippen LogP contribution in [0.25, 0.3) is 0 Å². The number of rotatable bonds is 2. The smallest absolute Gasteiger partial charge is 0.321 e. The summed E-state index contributed by atoms with van der Waals surface area (Å²) in [7, 11) is 0. The Morgan fingerprint density at radius 3 is 1.92 bits per heavy atom. The molecule has 3 aliphatic carbocycles. The van der Waals surface area contributed by atoms with E-state index >= 15 is 0 Å². The van der Waals surface area contributed by atoms with Crippen molar-refractivity contribution in [2.45, 2.75) is 25.7 Å². The predicted octanol–water partition coefficient (Wildman–Crippen LogP) is 0.962. The first kappa shape index (κ1) is 8.53. The molecule has 0 aromatic heterocycles. The maximum atomic E-state index is 11.0. The van der Waals surface area contributed by atoms with Crippen LogP contribution >= 0.6 is 0 Å². The Balaban J connectivity index is 2.31. The lowest BCUT2D eigenvalue weighted by Gasteiger charge is -2.50. The van der Waals surface area contributed by atoms with Crippen LogP contribution in [0, 0.1) is 17.3 Å². The van der Waals surface area contributed by atoms with Crippen LogP contribution in [0.2, 0.25) is 0 Å². The van der Waals surface area contributed by atoms with Gasteiger partial charge in [-0.25, -0.2) is 0 Å². The van der Waals surface area contributed by atoms with Gasteiger partial charge >= 0.3 is 11.9 Å². The van der Waals surface area contributed by atoms with Gasteiger partial charge in [-0.2, -0.15) is 0 Å². The van der Waals surface area contributed by atoms with Gasteiger partial charge < -0.3 is 10.2 Å². The normalized spacial score (nSPS) is 34.8. The monoisotopic (exact) mass is 184 g/mol. The molecule has 0 atom stereocenters. The fraction of sp³-hybridized carbons (Fsp3) is 0.778. The third kappa shape index (κ3) is 0.913. The number of carboxylic acid groups (broad SMARTS) is 2. The Bertz CT molecular complexity index is 248. The predicted molar refractivity (Wildman–Crippen MR) is 43.2 cm³/mol. The van der Waals surface area contributed by atoms with E-state index in [2.05, 4.69) is 0 Å². The fourth-order valence-electron chi connectivity index (χ4n) is 2.66. The van der Waals surface area contributed by atoms with Crippen molar-refractivity contribution < 1.29 is 19.8 Å². The standard InChI is InChI=1S/C9H12O4/c10-7(11)9(8(12)13)2-1-5-3-6(9)4-5/h5-6H,1-4H2,(H,10,11)(H,12,13). The van der Waals surface area contributed by atoms with Gasteiger partial charge in [0.1, 0.15) is 0 Å². The summed E-state index contributed by atoms with van der Waals surface area (Å²) in [6.45, 7) is 0.